The molecule has 1 atom stereocenters. The van der Waals surface area contributed by atoms with Crippen LogP contribution in [0.15, 0.2) is 42.4 Å². The highest BCUT2D eigenvalue weighted by Crippen LogP contribution is 2.24. The lowest BCUT2D eigenvalue weighted by molar-refractivity contribution is -0.131. The average Bonchev–Trinajstić information content (AvgIpc) is 3.02. The van der Waals surface area contributed by atoms with Crippen LogP contribution in [0, 0.1) is 0 Å². The minimum absolute atomic E-state index is 0.145. The van der Waals surface area contributed by atoms with Crippen molar-refractivity contribution in [2.75, 3.05) is 0 Å². The van der Waals surface area contributed by atoms with Gasteiger partial charge >= 0.3 is 0 Å². The summed E-state index contributed by atoms with van der Waals surface area (Å²) in [5.41, 5.74) is 2.63. The lowest BCUT2D eigenvalue weighted by Crippen LogP contribution is -2.55. The number of carbonyl (C=O) groups excluding carboxylic acids is 2. The highest BCUT2D eigenvalue weighted by Gasteiger charge is 2.30. The van der Waals surface area contributed by atoms with Crippen molar-refractivity contribution < 1.29 is 9.59 Å². The predicted molar refractivity (Wildman–Crippen MR) is 95.5 cm³/mol. The maximum atomic E-state index is 12.4. The van der Waals surface area contributed by atoms with Crippen molar-refractivity contribution in [1.29, 1.82) is 0 Å². The zero-order chi connectivity index (χ0) is 18.0. The summed E-state index contributed by atoms with van der Waals surface area (Å²) in [6.45, 7) is 6.16. The molecule has 1 aromatic heterocycles. The number of aromatic nitrogens is 2. The summed E-state index contributed by atoms with van der Waals surface area (Å²) in [5.74, 6) is -0.522. The monoisotopic (exact) mass is 338 g/mol. The van der Waals surface area contributed by atoms with Crippen LogP contribution < -0.4 is 10.6 Å². The van der Waals surface area contributed by atoms with Crippen LogP contribution in [0.3, 0.4) is 0 Å². The molecule has 0 bridgehead atoms. The first-order valence-corrected chi connectivity index (χ1v) is 8.26. The van der Waals surface area contributed by atoms with E-state index in [0.717, 1.165) is 11.3 Å². The van der Waals surface area contributed by atoms with Crippen LogP contribution in [0.25, 0.3) is 6.08 Å². The highest BCUT2D eigenvalue weighted by molar-refractivity contribution is 6.07. The number of amides is 2. The van der Waals surface area contributed by atoms with Crippen LogP contribution in [-0.2, 0) is 21.4 Å². The standard InChI is InChI=1S/C19H22N4O2/c1-19(2,3)16-13(20-11-21-16)10-15-18(25)22-14(17(24)23-15)9-12-7-5-4-6-8-12/h4-8,10-11,14H,9H2,1-3H3,(H,20,21)(H,22,25)(H,23,24)/b15-10-/t14-/m0/s1. The number of H-pyrrole nitrogens is 1. The van der Waals surface area contributed by atoms with Gasteiger partial charge in [0.05, 0.1) is 12.0 Å². The Morgan fingerprint density at radius 1 is 1.16 bits per heavy atom. The first-order valence-electron chi connectivity index (χ1n) is 8.26. The zero-order valence-corrected chi connectivity index (χ0v) is 14.6. The van der Waals surface area contributed by atoms with Crippen molar-refractivity contribution in [3.05, 3.63) is 59.3 Å². The van der Waals surface area contributed by atoms with Gasteiger partial charge < -0.3 is 15.6 Å². The van der Waals surface area contributed by atoms with E-state index >= 15 is 0 Å². The predicted octanol–water partition coefficient (Wildman–Crippen LogP) is 1.91. The molecule has 6 heteroatoms. The van der Waals surface area contributed by atoms with Gasteiger partial charge in [-0.15, -0.1) is 0 Å². The first-order chi connectivity index (χ1) is 11.8. The van der Waals surface area contributed by atoms with Gasteiger partial charge in [-0.05, 0) is 11.6 Å². The van der Waals surface area contributed by atoms with E-state index in [4.69, 9.17) is 0 Å². The maximum Gasteiger partial charge on any atom is 0.268 e. The largest absolute Gasteiger partial charge is 0.348 e. The summed E-state index contributed by atoms with van der Waals surface area (Å²) in [6, 6.07) is 9.03. The van der Waals surface area contributed by atoms with Crippen LogP contribution in [0.1, 0.15) is 37.7 Å². The van der Waals surface area contributed by atoms with Crippen molar-refractivity contribution in [1.82, 2.24) is 20.6 Å². The number of benzene rings is 1. The number of nitrogens with one attached hydrogen (secondary N) is 3. The van der Waals surface area contributed by atoms with E-state index in [-0.39, 0.29) is 22.9 Å². The minimum Gasteiger partial charge on any atom is -0.348 e. The van der Waals surface area contributed by atoms with Crippen molar-refractivity contribution in [3.63, 3.8) is 0 Å². The Balaban J connectivity index is 1.78. The fourth-order valence-electron chi connectivity index (χ4n) is 2.83. The fourth-order valence-corrected chi connectivity index (χ4v) is 2.83. The van der Waals surface area contributed by atoms with Crippen LogP contribution in [0.5, 0.6) is 0 Å². The second kappa shape index (κ2) is 6.55. The molecule has 3 rings (SSSR count). The quantitative estimate of drug-likeness (QED) is 0.747. The molecule has 0 saturated carbocycles. The fraction of sp³-hybridized carbons (Fsp3) is 0.316. The summed E-state index contributed by atoms with van der Waals surface area (Å²) in [5, 5.41) is 5.49. The topological polar surface area (TPSA) is 86.9 Å². The van der Waals surface area contributed by atoms with E-state index in [1.54, 1.807) is 12.4 Å². The third kappa shape index (κ3) is 3.79. The van der Waals surface area contributed by atoms with Crippen LogP contribution in [0.2, 0.25) is 0 Å². The van der Waals surface area contributed by atoms with Crippen molar-refractivity contribution in [3.8, 4) is 0 Å². The van der Waals surface area contributed by atoms with Gasteiger partial charge in [-0.25, -0.2) is 4.98 Å². The van der Waals surface area contributed by atoms with Crippen LogP contribution in [0.4, 0.5) is 0 Å². The average molecular weight is 338 g/mol. The Bertz CT molecular complexity index is 815. The van der Waals surface area contributed by atoms with Gasteiger partial charge in [0, 0.05) is 17.5 Å². The molecule has 1 fully saturated rings. The minimum atomic E-state index is -0.576. The summed E-state index contributed by atoms with van der Waals surface area (Å²) in [7, 11) is 0. The number of aromatic amines is 1. The highest BCUT2D eigenvalue weighted by atomic mass is 16.2. The smallest absolute Gasteiger partial charge is 0.268 e. The number of carbonyl (C=O) groups is 2. The number of piperazine rings is 1. The normalized spacial score (nSPS) is 19.6. The molecule has 2 amide bonds. The van der Waals surface area contributed by atoms with Crippen molar-refractivity contribution >= 4 is 17.9 Å². The van der Waals surface area contributed by atoms with Crippen molar-refractivity contribution in [2.24, 2.45) is 0 Å². The third-order valence-electron chi connectivity index (χ3n) is 4.11. The molecule has 1 aliphatic heterocycles. The Morgan fingerprint density at radius 2 is 1.88 bits per heavy atom. The molecule has 0 radical (unpaired) electrons. The molecule has 2 aromatic rings. The molecule has 1 aliphatic rings. The maximum absolute atomic E-state index is 12.4. The van der Waals surface area contributed by atoms with E-state index in [1.807, 2.05) is 30.3 Å². The van der Waals surface area contributed by atoms with E-state index < -0.39 is 6.04 Å². The molecule has 2 heterocycles. The first kappa shape index (κ1) is 17.0. The van der Waals surface area contributed by atoms with Gasteiger partial charge in [-0.3, -0.25) is 9.59 Å². The summed E-state index contributed by atoms with van der Waals surface area (Å²) < 4.78 is 0. The lowest BCUT2D eigenvalue weighted by atomic mass is 9.90. The number of hydrogen-bond acceptors (Lipinski definition) is 3. The van der Waals surface area contributed by atoms with Gasteiger partial charge in [0.15, 0.2) is 0 Å². The van der Waals surface area contributed by atoms with E-state index in [1.165, 1.54) is 0 Å². The van der Waals surface area contributed by atoms with Gasteiger partial charge in [0.25, 0.3) is 5.91 Å². The third-order valence-corrected chi connectivity index (χ3v) is 4.11. The molecular formula is C19H22N4O2. The van der Waals surface area contributed by atoms with Crippen LogP contribution in [-0.4, -0.2) is 27.8 Å². The van der Waals surface area contributed by atoms with Gasteiger partial charge in [-0.2, -0.15) is 0 Å². The van der Waals surface area contributed by atoms with Gasteiger partial charge in [0.1, 0.15) is 11.7 Å². The molecule has 1 aromatic carbocycles. The molecule has 130 valence electrons. The molecule has 0 aliphatic carbocycles. The molecule has 3 N–H and O–H groups in total. The van der Waals surface area contributed by atoms with E-state index in [0.29, 0.717) is 12.1 Å². The second-order valence-electron chi connectivity index (χ2n) is 7.18. The molecule has 0 spiro atoms. The molecule has 0 unspecified atom stereocenters. The van der Waals surface area contributed by atoms with Gasteiger partial charge in [-0.1, -0.05) is 51.1 Å². The zero-order valence-electron chi connectivity index (χ0n) is 14.6. The van der Waals surface area contributed by atoms with Crippen molar-refractivity contribution in [2.45, 2.75) is 38.6 Å². The molecule has 6 nitrogen and oxygen atoms in total. The number of hydrogen-bond donors (Lipinski definition) is 3. The molecule has 1 saturated heterocycles. The lowest BCUT2D eigenvalue weighted by Gasteiger charge is -2.25. The number of rotatable bonds is 3. The SMILES string of the molecule is CC(C)(C)c1[nH]cnc1/C=C1\NC(=O)[C@H](Cc2ccccc2)NC1=O. The van der Waals surface area contributed by atoms with Crippen LogP contribution >= 0.6 is 0 Å². The van der Waals surface area contributed by atoms with E-state index in [9.17, 15) is 9.59 Å². The Hall–Kier alpha value is -2.89. The summed E-state index contributed by atoms with van der Waals surface area (Å²) in [4.78, 5) is 32.1. The second-order valence-corrected chi connectivity index (χ2v) is 7.18. The van der Waals surface area contributed by atoms with E-state index in [2.05, 4.69) is 41.4 Å². The number of imidazole rings is 1. The molecule has 25 heavy (non-hydrogen) atoms. The number of nitrogens with zero attached hydrogens (tertiary/aromatic N) is 1. The van der Waals surface area contributed by atoms with Gasteiger partial charge in [0.2, 0.25) is 5.91 Å². The summed E-state index contributed by atoms with van der Waals surface area (Å²) in [6.07, 6.45) is 3.66. The molecular weight excluding hydrogens is 316 g/mol. The Kier molecular flexibility index (Phi) is 4.44. The Morgan fingerprint density at radius 3 is 2.56 bits per heavy atom. The summed E-state index contributed by atoms with van der Waals surface area (Å²) >= 11 is 0. The Labute approximate surface area is 146 Å².